The molecule has 0 bridgehead atoms. The van der Waals surface area contributed by atoms with E-state index in [-0.39, 0.29) is 6.10 Å². The normalized spacial score (nSPS) is 10.9. The first-order chi connectivity index (χ1) is 7.19. The highest BCUT2D eigenvalue weighted by Crippen LogP contribution is 2.30. The Hall–Kier alpha value is -1.71. The van der Waals surface area contributed by atoms with Crippen LogP contribution in [0.1, 0.15) is 19.4 Å². The number of hydrogen-bond donors (Lipinski definition) is 1. The van der Waals surface area contributed by atoms with Crippen molar-refractivity contribution in [1.82, 2.24) is 0 Å². The summed E-state index contributed by atoms with van der Waals surface area (Å²) < 4.78 is 10.8. The first-order valence-electron chi connectivity index (χ1n) is 4.70. The summed E-state index contributed by atoms with van der Waals surface area (Å²) in [6, 6.07) is 5.40. The second-order valence-corrected chi connectivity index (χ2v) is 3.29. The lowest BCUT2D eigenvalue weighted by molar-refractivity contribution is 0.229. The highest BCUT2D eigenvalue weighted by atomic mass is 16.5. The zero-order valence-electron chi connectivity index (χ0n) is 9.10. The van der Waals surface area contributed by atoms with Crippen molar-refractivity contribution >= 4 is 6.21 Å². The summed E-state index contributed by atoms with van der Waals surface area (Å²) >= 11 is 0. The number of ether oxygens (including phenoxy) is 2. The zero-order chi connectivity index (χ0) is 11.3. The van der Waals surface area contributed by atoms with E-state index in [9.17, 15) is 0 Å². The maximum atomic E-state index is 8.51. The van der Waals surface area contributed by atoms with Crippen LogP contribution in [0.25, 0.3) is 0 Å². The largest absolute Gasteiger partial charge is 0.493 e. The van der Waals surface area contributed by atoms with E-state index in [0.29, 0.717) is 17.1 Å². The van der Waals surface area contributed by atoms with Gasteiger partial charge in [0.2, 0.25) is 0 Å². The second kappa shape index (κ2) is 5.24. The van der Waals surface area contributed by atoms with Crippen LogP contribution in [0, 0.1) is 0 Å². The quantitative estimate of drug-likeness (QED) is 0.470. The molecule has 0 amide bonds. The van der Waals surface area contributed by atoms with Gasteiger partial charge in [0, 0.05) is 5.56 Å². The molecule has 15 heavy (non-hydrogen) atoms. The molecule has 1 rings (SSSR count). The van der Waals surface area contributed by atoms with Crippen molar-refractivity contribution in [1.29, 1.82) is 0 Å². The smallest absolute Gasteiger partial charge is 0.170 e. The van der Waals surface area contributed by atoms with Gasteiger partial charge in [-0.25, -0.2) is 0 Å². The number of hydrogen-bond acceptors (Lipinski definition) is 4. The van der Waals surface area contributed by atoms with Crippen molar-refractivity contribution in [2.75, 3.05) is 7.11 Å². The Labute approximate surface area is 89.1 Å². The van der Waals surface area contributed by atoms with Crippen LogP contribution in [0.3, 0.4) is 0 Å². The molecule has 0 atom stereocenters. The molecule has 0 aliphatic heterocycles. The third kappa shape index (κ3) is 2.87. The fraction of sp³-hybridized carbons (Fsp3) is 0.364. The number of para-hydroxylation sites is 1. The summed E-state index contributed by atoms with van der Waals surface area (Å²) in [4.78, 5) is 0. The summed E-state index contributed by atoms with van der Waals surface area (Å²) in [6.45, 7) is 3.85. The van der Waals surface area contributed by atoms with Gasteiger partial charge in [0.25, 0.3) is 0 Å². The Morgan fingerprint density at radius 3 is 2.67 bits per heavy atom. The molecule has 4 heteroatoms. The second-order valence-electron chi connectivity index (χ2n) is 3.29. The van der Waals surface area contributed by atoms with Gasteiger partial charge in [-0.2, -0.15) is 0 Å². The van der Waals surface area contributed by atoms with Gasteiger partial charge in [0.1, 0.15) is 0 Å². The summed E-state index contributed by atoms with van der Waals surface area (Å²) in [6.07, 6.45) is 1.35. The van der Waals surface area contributed by atoms with E-state index in [1.807, 2.05) is 19.9 Å². The molecule has 0 radical (unpaired) electrons. The first-order valence-corrected chi connectivity index (χ1v) is 4.70. The van der Waals surface area contributed by atoms with Crippen LogP contribution < -0.4 is 9.47 Å². The van der Waals surface area contributed by atoms with E-state index in [1.165, 1.54) is 6.21 Å². The van der Waals surface area contributed by atoms with Crippen LogP contribution in [0.4, 0.5) is 0 Å². The SMILES string of the molecule is COc1cccc(/C=N/O)c1OC(C)C. The summed E-state index contributed by atoms with van der Waals surface area (Å²) in [5.74, 6) is 1.22. The molecular formula is C11H15NO3. The van der Waals surface area contributed by atoms with Gasteiger partial charge in [-0.1, -0.05) is 11.2 Å². The predicted molar refractivity (Wildman–Crippen MR) is 58.1 cm³/mol. The van der Waals surface area contributed by atoms with Crippen LogP contribution in [-0.2, 0) is 0 Å². The van der Waals surface area contributed by atoms with E-state index in [0.717, 1.165) is 0 Å². The van der Waals surface area contributed by atoms with Crippen molar-refractivity contribution < 1.29 is 14.7 Å². The van der Waals surface area contributed by atoms with Gasteiger partial charge in [0.05, 0.1) is 19.4 Å². The van der Waals surface area contributed by atoms with Gasteiger partial charge in [-0.05, 0) is 26.0 Å². The number of methoxy groups -OCH3 is 1. The molecule has 0 aliphatic rings. The molecule has 0 aliphatic carbocycles. The maximum Gasteiger partial charge on any atom is 0.170 e. The van der Waals surface area contributed by atoms with E-state index >= 15 is 0 Å². The summed E-state index contributed by atoms with van der Waals surface area (Å²) in [5, 5.41) is 11.5. The minimum Gasteiger partial charge on any atom is -0.493 e. The molecule has 0 unspecified atom stereocenters. The lowest BCUT2D eigenvalue weighted by atomic mass is 10.2. The van der Waals surface area contributed by atoms with Crippen LogP contribution in [0.2, 0.25) is 0 Å². The van der Waals surface area contributed by atoms with Crippen molar-refractivity contribution in [2.24, 2.45) is 5.16 Å². The molecule has 4 nitrogen and oxygen atoms in total. The average Bonchev–Trinajstić information content (AvgIpc) is 2.20. The molecule has 1 N–H and O–H groups in total. The average molecular weight is 209 g/mol. The minimum atomic E-state index is 0.0344. The monoisotopic (exact) mass is 209 g/mol. The Kier molecular flexibility index (Phi) is 3.97. The maximum absolute atomic E-state index is 8.51. The van der Waals surface area contributed by atoms with Gasteiger partial charge >= 0.3 is 0 Å². The number of nitrogens with zero attached hydrogens (tertiary/aromatic N) is 1. The van der Waals surface area contributed by atoms with Crippen molar-refractivity contribution in [3.05, 3.63) is 23.8 Å². The molecule has 0 saturated carbocycles. The van der Waals surface area contributed by atoms with Crippen LogP contribution in [0.5, 0.6) is 11.5 Å². The van der Waals surface area contributed by atoms with E-state index < -0.39 is 0 Å². The molecule has 0 fully saturated rings. The third-order valence-corrected chi connectivity index (χ3v) is 1.78. The highest BCUT2D eigenvalue weighted by Gasteiger charge is 2.10. The molecule has 0 heterocycles. The third-order valence-electron chi connectivity index (χ3n) is 1.78. The van der Waals surface area contributed by atoms with Crippen LogP contribution >= 0.6 is 0 Å². The van der Waals surface area contributed by atoms with Crippen LogP contribution in [0.15, 0.2) is 23.4 Å². The summed E-state index contributed by atoms with van der Waals surface area (Å²) in [7, 11) is 1.57. The lowest BCUT2D eigenvalue weighted by Gasteiger charge is -2.15. The fourth-order valence-corrected chi connectivity index (χ4v) is 1.22. The fourth-order valence-electron chi connectivity index (χ4n) is 1.22. The Bertz CT molecular complexity index is 348. The van der Waals surface area contributed by atoms with Crippen molar-refractivity contribution in [2.45, 2.75) is 20.0 Å². The predicted octanol–water partition coefficient (Wildman–Crippen LogP) is 2.29. The van der Waals surface area contributed by atoms with Gasteiger partial charge in [-0.15, -0.1) is 0 Å². The zero-order valence-corrected chi connectivity index (χ0v) is 9.10. The van der Waals surface area contributed by atoms with Gasteiger partial charge < -0.3 is 14.7 Å². The minimum absolute atomic E-state index is 0.0344. The standard InChI is InChI=1S/C11H15NO3/c1-8(2)15-11-9(7-12-13)5-4-6-10(11)14-3/h4-8,13H,1-3H3/b12-7+. The van der Waals surface area contributed by atoms with Gasteiger partial charge in [-0.3, -0.25) is 0 Å². The van der Waals surface area contributed by atoms with Crippen molar-refractivity contribution in [3.8, 4) is 11.5 Å². The Morgan fingerprint density at radius 2 is 2.13 bits per heavy atom. The number of rotatable bonds is 4. The lowest BCUT2D eigenvalue weighted by Crippen LogP contribution is -2.08. The molecule has 1 aromatic rings. The molecule has 0 aromatic heterocycles. The first kappa shape index (κ1) is 11.4. The molecule has 82 valence electrons. The number of benzene rings is 1. The van der Waals surface area contributed by atoms with E-state index in [1.54, 1.807) is 19.2 Å². The van der Waals surface area contributed by atoms with Crippen LogP contribution in [-0.4, -0.2) is 24.6 Å². The number of oxime groups is 1. The summed E-state index contributed by atoms with van der Waals surface area (Å²) in [5.41, 5.74) is 0.686. The Balaban J connectivity index is 3.14. The van der Waals surface area contributed by atoms with E-state index in [4.69, 9.17) is 14.7 Å². The Morgan fingerprint density at radius 1 is 1.40 bits per heavy atom. The van der Waals surface area contributed by atoms with E-state index in [2.05, 4.69) is 5.16 Å². The van der Waals surface area contributed by atoms with Gasteiger partial charge in [0.15, 0.2) is 11.5 Å². The molecule has 1 aromatic carbocycles. The topological polar surface area (TPSA) is 51.0 Å². The molecule has 0 spiro atoms. The molecule has 0 saturated heterocycles. The highest BCUT2D eigenvalue weighted by molar-refractivity contribution is 5.84. The van der Waals surface area contributed by atoms with Crippen molar-refractivity contribution in [3.63, 3.8) is 0 Å². The molecular weight excluding hydrogens is 194 g/mol.